The zero-order valence-electron chi connectivity index (χ0n) is 16.1. The van der Waals surface area contributed by atoms with Gasteiger partial charge in [0.1, 0.15) is 17.1 Å². The molecule has 2 aromatic carbocycles. The number of amides is 1. The Kier molecular flexibility index (Phi) is 5.87. The van der Waals surface area contributed by atoms with Crippen LogP contribution in [0.1, 0.15) is 20.7 Å². The minimum Gasteiger partial charge on any atom is -0.496 e. The minimum atomic E-state index is -0.759. The molecular weight excluding hydrogens is 382 g/mol. The van der Waals surface area contributed by atoms with Gasteiger partial charge in [-0.05, 0) is 18.2 Å². The van der Waals surface area contributed by atoms with E-state index in [0.29, 0.717) is 22.9 Å². The van der Waals surface area contributed by atoms with Crippen molar-refractivity contribution in [1.29, 1.82) is 0 Å². The van der Waals surface area contributed by atoms with Gasteiger partial charge in [0.25, 0.3) is 5.91 Å². The quantitative estimate of drug-likeness (QED) is 0.555. The fraction of sp³-hybridized carbons (Fsp3) is 0.250. The third kappa shape index (κ3) is 4.23. The largest absolute Gasteiger partial charge is 0.496 e. The van der Waals surface area contributed by atoms with Gasteiger partial charge in [0.15, 0.2) is 30.5 Å². The van der Waals surface area contributed by atoms with Gasteiger partial charge in [-0.25, -0.2) is 4.79 Å². The number of carbonyl (C=O) groups is 3. The summed E-state index contributed by atoms with van der Waals surface area (Å²) >= 11 is 0. The lowest BCUT2D eigenvalue weighted by Crippen LogP contribution is -2.25. The molecule has 1 N–H and O–H groups in total. The van der Waals surface area contributed by atoms with E-state index in [0.717, 1.165) is 0 Å². The van der Waals surface area contributed by atoms with Gasteiger partial charge in [0, 0.05) is 17.7 Å². The summed E-state index contributed by atoms with van der Waals surface area (Å²) in [6.45, 7) is -0.574. The van der Waals surface area contributed by atoms with Crippen molar-refractivity contribution in [1.82, 2.24) is 0 Å². The van der Waals surface area contributed by atoms with Crippen molar-refractivity contribution in [2.24, 2.45) is 0 Å². The Morgan fingerprint density at radius 2 is 1.69 bits per heavy atom. The first kappa shape index (κ1) is 20.0. The highest BCUT2D eigenvalue weighted by Gasteiger charge is 2.21. The molecule has 1 amide bonds. The fourth-order valence-corrected chi connectivity index (χ4v) is 2.74. The summed E-state index contributed by atoms with van der Waals surface area (Å²) in [5.74, 6) is -0.130. The van der Waals surface area contributed by atoms with Crippen LogP contribution in [0, 0.1) is 0 Å². The van der Waals surface area contributed by atoms with E-state index in [1.54, 1.807) is 6.07 Å². The van der Waals surface area contributed by atoms with Crippen LogP contribution in [-0.4, -0.2) is 52.2 Å². The highest BCUT2D eigenvalue weighted by molar-refractivity contribution is 6.02. The summed E-state index contributed by atoms with van der Waals surface area (Å²) in [7, 11) is 4.29. The highest BCUT2D eigenvalue weighted by Crippen LogP contribution is 2.35. The number of anilines is 1. The molecule has 9 nitrogen and oxygen atoms in total. The van der Waals surface area contributed by atoms with Crippen LogP contribution in [0.3, 0.4) is 0 Å². The van der Waals surface area contributed by atoms with E-state index in [-0.39, 0.29) is 29.4 Å². The number of hydrogen-bond acceptors (Lipinski definition) is 8. The Morgan fingerprint density at radius 3 is 2.38 bits per heavy atom. The summed E-state index contributed by atoms with van der Waals surface area (Å²) in [5, 5.41) is 2.62. The standard InChI is InChI=1S/C20H19NO8/c1-25-16-8-18(27-3)17(26-2)7-12(16)20(24)29-9-14(22)11-4-5-15-13(6-11)21-19(23)10-28-15/h4-8H,9-10H2,1-3H3,(H,21,23). The van der Waals surface area contributed by atoms with Crippen molar-refractivity contribution in [2.45, 2.75) is 0 Å². The van der Waals surface area contributed by atoms with Crippen LogP contribution in [0.5, 0.6) is 23.0 Å². The smallest absolute Gasteiger partial charge is 0.342 e. The fourth-order valence-electron chi connectivity index (χ4n) is 2.74. The van der Waals surface area contributed by atoms with Crippen LogP contribution in [0.15, 0.2) is 30.3 Å². The van der Waals surface area contributed by atoms with Crippen LogP contribution in [0.25, 0.3) is 0 Å². The second-order valence-corrected chi connectivity index (χ2v) is 5.95. The summed E-state index contributed by atoms with van der Waals surface area (Å²) in [6, 6.07) is 7.48. The van der Waals surface area contributed by atoms with Crippen LogP contribution >= 0.6 is 0 Å². The van der Waals surface area contributed by atoms with Crippen molar-refractivity contribution in [2.75, 3.05) is 39.9 Å². The third-order valence-electron chi connectivity index (χ3n) is 4.19. The van der Waals surface area contributed by atoms with Crippen LogP contribution < -0.4 is 24.3 Å². The number of fused-ring (bicyclic) bond motifs is 1. The normalized spacial score (nSPS) is 12.2. The molecule has 0 unspecified atom stereocenters. The predicted octanol–water partition coefficient (Wildman–Crippen LogP) is 2.08. The SMILES string of the molecule is COc1cc(OC)c(C(=O)OCC(=O)c2ccc3c(c2)NC(=O)CO3)cc1OC. The Balaban J connectivity index is 1.73. The Hall–Kier alpha value is -3.75. The van der Waals surface area contributed by atoms with E-state index in [2.05, 4.69) is 5.32 Å². The number of carbonyl (C=O) groups excluding carboxylic acids is 3. The molecule has 0 aliphatic carbocycles. The predicted molar refractivity (Wildman–Crippen MR) is 101 cm³/mol. The molecule has 1 aliphatic heterocycles. The van der Waals surface area contributed by atoms with Gasteiger partial charge in [-0.3, -0.25) is 9.59 Å². The Bertz CT molecular complexity index is 969. The molecule has 2 aromatic rings. The molecule has 9 heteroatoms. The lowest BCUT2D eigenvalue weighted by atomic mass is 10.1. The zero-order chi connectivity index (χ0) is 21.0. The molecule has 1 aliphatic rings. The molecule has 1 heterocycles. The van der Waals surface area contributed by atoms with Gasteiger partial charge in [-0.1, -0.05) is 0 Å². The summed E-state index contributed by atoms with van der Waals surface area (Å²) in [5.41, 5.74) is 0.741. The lowest BCUT2D eigenvalue weighted by molar-refractivity contribution is -0.118. The van der Waals surface area contributed by atoms with Crippen molar-refractivity contribution in [3.63, 3.8) is 0 Å². The van der Waals surface area contributed by atoms with Crippen molar-refractivity contribution in [3.05, 3.63) is 41.5 Å². The molecule has 0 saturated carbocycles. The molecule has 0 aromatic heterocycles. The first-order valence-corrected chi connectivity index (χ1v) is 8.53. The molecule has 0 fully saturated rings. The number of ether oxygens (including phenoxy) is 5. The maximum absolute atomic E-state index is 12.5. The van der Waals surface area contributed by atoms with Gasteiger partial charge < -0.3 is 29.0 Å². The molecule has 0 bridgehead atoms. The van der Waals surface area contributed by atoms with Crippen molar-refractivity contribution in [3.8, 4) is 23.0 Å². The number of nitrogens with one attached hydrogen (secondary N) is 1. The number of ketones is 1. The number of hydrogen-bond donors (Lipinski definition) is 1. The van der Waals surface area contributed by atoms with E-state index in [1.165, 1.54) is 45.6 Å². The van der Waals surface area contributed by atoms with Crippen LogP contribution in [0.2, 0.25) is 0 Å². The van der Waals surface area contributed by atoms with Gasteiger partial charge >= 0.3 is 5.97 Å². The highest BCUT2D eigenvalue weighted by atomic mass is 16.5. The van der Waals surface area contributed by atoms with E-state index in [1.807, 2.05) is 0 Å². The zero-order valence-corrected chi connectivity index (χ0v) is 16.1. The second kappa shape index (κ2) is 8.51. The first-order valence-electron chi connectivity index (χ1n) is 8.53. The maximum Gasteiger partial charge on any atom is 0.342 e. The average Bonchev–Trinajstić information content (AvgIpc) is 2.75. The average molecular weight is 401 g/mol. The topological polar surface area (TPSA) is 109 Å². The monoisotopic (exact) mass is 401 g/mol. The Morgan fingerprint density at radius 1 is 1.00 bits per heavy atom. The molecule has 29 heavy (non-hydrogen) atoms. The molecule has 152 valence electrons. The lowest BCUT2D eigenvalue weighted by Gasteiger charge is -2.18. The van der Waals surface area contributed by atoms with Gasteiger partial charge in [0.2, 0.25) is 0 Å². The molecule has 0 radical (unpaired) electrons. The van der Waals surface area contributed by atoms with E-state index in [4.69, 9.17) is 23.7 Å². The number of benzene rings is 2. The van der Waals surface area contributed by atoms with Gasteiger partial charge in [-0.2, -0.15) is 0 Å². The van der Waals surface area contributed by atoms with Crippen LogP contribution in [-0.2, 0) is 9.53 Å². The molecule has 0 atom stereocenters. The molecule has 0 spiro atoms. The number of Topliss-reactive ketones (excluding diaryl/α,β-unsaturated/α-hetero) is 1. The molecule has 3 rings (SSSR count). The first-order chi connectivity index (χ1) is 14.0. The maximum atomic E-state index is 12.5. The second-order valence-electron chi connectivity index (χ2n) is 5.95. The summed E-state index contributed by atoms with van der Waals surface area (Å²) < 4.78 is 25.9. The number of rotatable bonds is 7. The number of esters is 1. The van der Waals surface area contributed by atoms with Crippen molar-refractivity contribution >= 4 is 23.3 Å². The third-order valence-corrected chi connectivity index (χ3v) is 4.19. The van der Waals surface area contributed by atoms with E-state index >= 15 is 0 Å². The van der Waals surface area contributed by atoms with E-state index < -0.39 is 18.4 Å². The number of methoxy groups -OCH3 is 3. The van der Waals surface area contributed by atoms with E-state index in [9.17, 15) is 14.4 Å². The van der Waals surface area contributed by atoms with Crippen molar-refractivity contribution < 1.29 is 38.1 Å². The Labute approximate surface area is 166 Å². The van der Waals surface area contributed by atoms with Gasteiger partial charge in [0.05, 0.1) is 27.0 Å². The van der Waals surface area contributed by atoms with Crippen LogP contribution in [0.4, 0.5) is 5.69 Å². The molecule has 0 saturated heterocycles. The minimum absolute atomic E-state index is 0.0783. The summed E-state index contributed by atoms with van der Waals surface area (Å²) in [4.78, 5) is 36.3. The summed E-state index contributed by atoms with van der Waals surface area (Å²) in [6.07, 6.45) is 0. The van der Waals surface area contributed by atoms with Gasteiger partial charge in [-0.15, -0.1) is 0 Å². The molecular formula is C20H19NO8.